The van der Waals surface area contributed by atoms with Crippen molar-refractivity contribution in [2.45, 2.75) is 31.8 Å². The van der Waals surface area contributed by atoms with E-state index >= 15 is 0 Å². The van der Waals surface area contributed by atoms with Gasteiger partial charge in [-0.25, -0.2) is 9.37 Å². The molecule has 6 heteroatoms. The predicted molar refractivity (Wildman–Crippen MR) is 96.2 cm³/mol. The van der Waals surface area contributed by atoms with Crippen molar-refractivity contribution in [1.82, 2.24) is 14.9 Å². The minimum Gasteiger partial charge on any atom is -0.348 e. The van der Waals surface area contributed by atoms with Crippen LogP contribution in [0.1, 0.15) is 30.0 Å². The first-order chi connectivity index (χ1) is 12.6. The summed E-state index contributed by atoms with van der Waals surface area (Å²) in [6.07, 6.45) is 4.23. The Morgan fingerprint density at radius 1 is 1.27 bits per heavy atom. The number of halogens is 1. The average molecular weight is 351 g/mol. The molecule has 132 valence electrons. The van der Waals surface area contributed by atoms with E-state index in [4.69, 9.17) is 0 Å². The predicted octanol–water partition coefficient (Wildman–Crippen LogP) is 2.73. The molecule has 0 fully saturated rings. The van der Waals surface area contributed by atoms with E-state index in [9.17, 15) is 14.0 Å². The highest BCUT2D eigenvalue weighted by Gasteiger charge is 2.21. The fraction of sp³-hybridized carbons (Fsp3) is 0.250. The maximum atomic E-state index is 13.4. The molecule has 0 spiro atoms. The van der Waals surface area contributed by atoms with Crippen molar-refractivity contribution >= 4 is 16.8 Å². The topological polar surface area (TPSA) is 64.0 Å². The summed E-state index contributed by atoms with van der Waals surface area (Å²) in [4.78, 5) is 29.1. The zero-order chi connectivity index (χ0) is 18.1. The van der Waals surface area contributed by atoms with Crippen molar-refractivity contribution in [2.75, 3.05) is 0 Å². The van der Waals surface area contributed by atoms with Crippen LogP contribution in [0.4, 0.5) is 4.39 Å². The fourth-order valence-electron chi connectivity index (χ4n) is 3.54. The summed E-state index contributed by atoms with van der Waals surface area (Å²) >= 11 is 0. The lowest BCUT2D eigenvalue weighted by Crippen LogP contribution is -2.36. The highest BCUT2D eigenvalue weighted by molar-refractivity contribution is 5.79. The van der Waals surface area contributed by atoms with Crippen LogP contribution >= 0.6 is 0 Å². The third-order valence-corrected chi connectivity index (χ3v) is 4.80. The number of carbonyl (C=O) groups is 1. The molecular weight excluding hydrogens is 333 g/mol. The summed E-state index contributed by atoms with van der Waals surface area (Å²) in [5.41, 5.74) is 2.38. The summed E-state index contributed by atoms with van der Waals surface area (Å²) in [6, 6.07) is 11.9. The van der Waals surface area contributed by atoms with Crippen LogP contribution in [0, 0.1) is 5.82 Å². The van der Waals surface area contributed by atoms with Crippen LogP contribution in [-0.4, -0.2) is 15.5 Å². The number of amides is 1. The van der Waals surface area contributed by atoms with E-state index in [0.29, 0.717) is 5.52 Å². The summed E-state index contributed by atoms with van der Waals surface area (Å²) in [6.45, 7) is -0.142. The van der Waals surface area contributed by atoms with E-state index in [-0.39, 0.29) is 23.9 Å². The van der Waals surface area contributed by atoms with Gasteiger partial charge in [0.2, 0.25) is 5.91 Å². The SMILES string of the molecule is O=C(Cn1cnc2ccc(F)cc2c1=O)NC1CCCc2ccccc21. The number of aromatic nitrogens is 2. The van der Waals surface area contributed by atoms with E-state index in [1.165, 1.54) is 28.6 Å². The Morgan fingerprint density at radius 3 is 3.00 bits per heavy atom. The van der Waals surface area contributed by atoms with Crippen molar-refractivity contribution in [2.24, 2.45) is 0 Å². The Hall–Kier alpha value is -3.02. The molecule has 1 amide bonds. The van der Waals surface area contributed by atoms with Gasteiger partial charge in [0.1, 0.15) is 12.4 Å². The second-order valence-electron chi connectivity index (χ2n) is 6.55. The fourth-order valence-corrected chi connectivity index (χ4v) is 3.54. The number of aryl methyl sites for hydroxylation is 1. The second kappa shape index (κ2) is 6.71. The lowest BCUT2D eigenvalue weighted by Gasteiger charge is -2.26. The van der Waals surface area contributed by atoms with Crippen molar-refractivity contribution in [3.8, 4) is 0 Å². The first kappa shape index (κ1) is 16.4. The van der Waals surface area contributed by atoms with Crippen LogP contribution in [0.2, 0.25) is 0 Å². The van der Waals surface area contributed by atoms with Crippen LogP contribution < -0.4 is 10.9 Å². The van der Waals surface area contributed by atoms with Gasteiger partial charge in [-0.1, -0.05) is 24.3 Å². The first-order valence-electron chi connectivity index (χ1n) is 8.64. The van der Waals surface area contributed by atoms with E-state index in [1.54, 1.807) is 0 Å². The molecule has 1 unspecified atom stereocenters. The van der Waals surface area contributed by atoms with E-state index in [1.807, 2.05) is 18.2 Å². The van der Waals surface area contributed by atoms with Gasteiger partial charge in [0, 0.05) is 0 Å². The number of carbonyl (C=O) groups excluding carboxylic acids is 1. The molecule has 1 atom stereocenters. The second-order valence-corrected chi connectivity index (χ2v) is 6.55. The van der Waals surface area contributed by atoms with E-state index < -0.39 is 11.4 Å². The Labute approximate surface area is 149 Å². The van der Waals surface area contributed by atoms with Crippen LogP contribution in [0.5, 0.6) is 0 Å². The number of nitrogens with zero attached hydrogens (tertiary/aromatic N) is 2. The smallest absolute Gasteiger partial charge is 0.261 e. The maximum absolute atomic E-state index is 13.4. The number of nitrogens with one attached hydrogen (secondary N) is 1. The first-order valence-corrected chi connectivity index (χ1v) is 8.64. The molecule has 0 saturated heterocycles. The van der Waals surface area contributed by atoms with Gasteiger partial charge in [0.05, 0.1) is 23.3 Å². The molecule has 1 aliphatic rings. The van der Waals surface area contributed by atoms with Gasteiger partial charge in [-0.2, -0.15) is 0 Å². The van der Waals surface area contributed by atoms with Crippen LogP contribution in [0.3, 0.4) is 0 Å². The van der Waals surface area contributed by atoms with E-state index in [0.717, 1.165) is 30.9 Å². The highest BCUT2D eigenvalue weighted by atomic mass is 19.1. The monoisotopic (exact) mass is 351 g/mol. The number of benzene rings is 2. The zero-order valence-electron chi connectivity index (χ0n) is 14.1. The molecule has 0 bridgehead atoms. The van der Waals surface area contributed by atoms with Crippen LogP contribution in [0.25, 0.3) is 10.9 Å². The number of hydrogen-bond donors (Lipinski definition) is 1. The van der Waals surface area contributed by atoms with Gasteiger partial charge < -0.3 is 5.32 Å². The lowest BCUT2D eigenvalue weighted by atomic mass is 9.88. The van der Waals surface area contributed by atoms with Gasteiger partial charge in [-0.3, -0.25) is 14.2 Å². The van der Waals surface area contributed by atoms with Crippen LogP contribution in [-0.2, 0) is 17.8 Å². The Balaban J connectivity index is 1.55. The van der Waals surface area contributed by atoms with Gasteiger partial charge in [-0.15, -0.1) is 0 Å². The summed E-state index contributed by atoms with van der Waals surface area (Å²) < 4.78 is 14.6. The minimum absolute atomic E-state index is 0.0472. The third kappa shape index (κ3) is 3.10. The van der Waals surface area contributed by atoms with Crippen molar-refractivity contribution in [3.63, 3.8) is 0 Å². The summed E-state index contributed by atoms with van der Waals surface area (Å²) in [5, 5.41) is 3.18. The van der Waals surface area contributed by atoms with Crippen molar-refractivity contribution < 1.29 is 9.18 Å². The average Bonchev–Trinajstić information content (AvgIpc) is 2.65. The molecule has 1 N–H and O–H groups in total. The molecule has 0 aliphatic heterocycles. The lowest BCUT2D eigenvalue weighted by molar-refractivity contribution is -0.122. The summed E-state index contributed by atoms with van der Waals surface area (Å²) in [5.74, 6) is -0.760. The molecule has 1 aliphatic carbocycles. The summed E-state index contributed by atoms with van der Waals surface area (Å²) in [7, 11) is 0. The Bertz CT molecular complexity index is 1040. The molecule has 3 aromatic rings. The van der Waals surface area contributed by atoms with Gasteiger partial charge >= 0.3 is 0 Å². The minimum atomic E-state index is -0.502. The van der Waals surface area contributed by atoms with Crippen molar-refractivity contribution in [3.05, 3.63) is 76.1 Å². The standard InChI is InChI=1S/C20H18FN3O2/c21-14-8-9-17-16(10-14)20(26)24(12-22-17)11-19(25)23-18-7-3-5-13-4-1-2-6-15(13)18/h1-2,4,6,8-10,12,18H,3,5,7,11H2,(H,23,25). The zero-order valence-corrected chi connectivity index (χ0v) is 14.1. The Kier molecular flexibility index (Phi) is 4.24. The van der Waals surface area contributed by atoms with Crippen LogP contribution in [0.15, 0.2) is 53.6 Å². The molecule has 1 heterocycles. The maximum Gasteiger partial charge on any atom is 0.261 e. The third-order valence-electron chi connectivity index (χ3n) is 4.80. The normalized spacial score (nSPS) is 16.3. The highest BCUT2D eigenvalue weighted by Crippen LogP contribution is 2.29. The van der Waals surface area contributed by atoms with Crippen molar-refractivity contribution in [1.29, 1.82) is 0 Å². The van der Waals surface area contributed by atoms with E-state index in [2.05, 4.69) is 16.4 Å². The van der Waals surface area contributed by atoms with Gasteiger partial charge in [0.15, 0.2) is 0 Å². The van der Waals surface area contributed by atoms with Gasteiger partial charge in [0.25, 0.3) is 5.56 Å². The molecule has 0 saturated carbocycles. The molecule has 5 nitrogen and oxygen atoms in total. The molecule has 0 radical (unpaired) electrons. The number of rotatable bonds is 3. The molecule has 2 aromatic carbocycles. The number of hydrogen-bond acceptors (Lipinski definition) is 3. The number of fused-ring (bicyclic) bond motifs is 2. The molecule has 26 heavy (non-hydrogen) atoms. The molecule has 1 aromatic heterocycles. The largest absolute Gasteiger partial charge is 0.348 e. The van der Waals surface area contributed by atoms with Gasteiger partial charge in [-0.05, 0) is 48.6 Å². The Morgan fingerprint density at radius 2 is 2.12 bits per heavy atom. The molecular formula is C20H18FN3O2. The molecule has 4 rings (SSSR count). The quantitative estimate of drug-likeness (QED) is 0.789.